The number of carbonyl (C=O) groups is 1. The van der Waals surface area contributed by atoms with Crippen LogP contribution >= 0.6 is 0 Å². The van der Waals surface area contributed by atoms with Crippen molar-refractivity contribution in [3.05, 3.63) is 107 Å². The lowest BCUT2D eigenvalue weighted by Gasteiger charge is -2.08. The van der Waals surface area contributed by atoms with Gasteiger partial charge in [-0.15, -0.1) is 0 Å². The Morgan fingerprint density at radius 2 is 0.893 bits per heavy atom. The standard InChI is InChI=1S/C27H20O/c1-17-7-3-5-9-21(17)19-11-13-23-24-14-12-20(22-10-6-4-8-18(22)2)16-26(24)27(28)25(23)15-19/h3-16H,1-2H3. The van der Waals surface area contributed by atoms with E-state index < -0.39 is 0 Å². The van der Waals surface area contributed by atoms with Crippen LogP contribution in [0.15, 0.2) is 84.9 Å². The molecular formula is C27H20O. The van der Waals surface area contributed by atoms with Crippen LogP contribution in [0.5, 0.6) is 0 Å². The number of fused-ring (bicyclic) bond motifs is 3. The van der Waals surface area contributed by atoms with Gasteiger partial charge in [0.05, 0.1) is 0 Å². The fraction of sp³-hybridized carbons (Fsp3) is 0.0741. The maximum Gasteiger partial charge on any atom is 0.194 e. The molecular weight excluding hydrogens is 340 g/mol. The van der Waals surface area contributed by atoms with Crippen LogP contribution in [0.25, 0.3) is 33.4 Å². The van der Waals surface area contributed by atoms with E-state index in [1.165, 1.54) is 22.3 Å². The van der Waals surface area contributed by atoms with Gasteiger partial charge in [-0.1, -0.05) is 72.8 Å². The van der Waals surface area contributed by atoms with Crippen molar-refractivity contribution in [2.24, 2.45) is 0 Å². The number of aryl methyl sites for hydroxylation is 2. The van der Waals surface area contributed by atoms with Crippen LogP contribution in [-0.2, 0) is 0 Å². The largest absolute Gasteiger partial charge is 0.289 e. The molecule has 1 nitrogen and oxygen atoms in total. The molecule has 0 unspecified atom stereocenters. The van der Waals surface area contributed by atoms with Crippen molar-refractivity contribution in [1.29, 1.82) is 0 Å². The lowest BCUT2D eigenvalue weighted by Crippen LogP contribution is -1.96. The van der Waals surface area contributed by atoms with Gasteiger partial charge in [-0.2, -0.15) is 0 Å². The third-order valence-electron chi connectivity index (χ3n) is 5.73. The lowest BCUT2D eigenvalue weighted by atomic mass is 9.95. The number of hydrogen-bond donors (Lipinski definition) is 0. The van der Waals surface area contributed by atoms with Crippen LogP contribution in [0.3, 0.4) is 0 Å². The summed E-state index contributed by atoms with van der Waals surface area (Å²) in [5.41, 5.74) is 10.6. The summed E-state index contributed by atoms with van der Waals surface area (Å²) in [5.74, 6) is 0.121. The summed E-state index contributed by atoms with van der Waals surface area (Å²) in [6.45, 7) is 4.21. The highest BCUT2D eigenvalue weighted by Gasteiger charge is 2.27. The van der Waals surface area contributed by atoms with Crippen molar-refractivity contribution in [2.45, 2.75) is 13.8 Å². The summed E-state index contributed by atoms with van der Waals surface area (Å²) >= 11 is 0. The first-order valence-electron chi connectivity index (χ1n) is 9.58. The molecule has 1 aliphatic carbocycles. The number of ketones is 1. The zero-order chi connectivity index (χ0) is 19.3. The molecule has 0 spiro atoms. The molecule has 1 aliphatic rings. The summed E-state index contributed by atoms with van der Waals surface area (Å²) in [7, 11) is 0. The normalized spacial score (nSPS) is 12.0. The highest BCUT2D eigenvalue weighted by molar-refractivity contribution is 6.22. The average Bonchev–Trinajstić information content (AvgIpc) is 3.00. The van der Waals surface area contributed by atoms with Gasteiger partial charge in [-0.05, 0) is 70.5 Å². The van der Waals surface area contributed by atoms with Gasteiger partial charge in [-0.25, -0.2) is 0 Å². The quantitative estimate of drug-likeness (QED) is 0.336. The van der Waals surface area contributed by atoms with Gasteiger partial charge < -0.3 is 0 Å². The molecule has 0 N–H and O–H groups in total. The highest BCUT2D eigenvalue weighted by Crippen LogP contribution is 2.41. The number of rotatable bonds is 2. The summed E-state index contributed by atoms with van der Waals surface area (Å²) in [6, 6.07) is 29.1. The van der Waals surface area contributed by atoms with Crippen molar-refractivity contribution in [3.63, 3.8) is 0 Å². The molecule has 0 heterocycles. The fourth-order valence-electron chi connectivity index (χ4n) is 4.21. The summed E-state index contributed by atoms with van der Waals surface area (Å²) < 4.78 is 0. The first kappa shape index (κ1) is 16.7. The third kappa shape index (κ3) is 2.51. The van der Waals surface area contributed by atoms with Gasteiger partial charge in [0.2, 0.25) is 0 Å². The molecule has 28 heavy (non-hydrogen) atoms. The number of benzene rings is 4. The molecule has 0 aliphatic heterocycles. The Labute approximate surface area is 165 Å². The molecule has 5 rings (SSSR count). The third-order valence-corrected chi connectivity index (χ3v) is 5.73. The van der Waals surface area contributed by atoms with Gasteiger partial charge >= 0.3 is 0 Å². The predicted molar refractivity (Wildman–Crippen MR) is 116 cm³/mol. The molecule has 1 heteroatoms. The van der Waals surface area contributed by atoms with E-state index in [1.54, 1.807) is 0 Å². The van der Waals surface area contributed by atoms with E-state index in [4.69, 9.17) is 0 Å². The van der Waals surface area contributed by atoms with Crippen LogP contribution in [0, 0.1) is 13.8 Å². The molecule has 0 atom stereocenters. The van der Waals surface area contributed by atoms with Gasteiger partial charge in [0.1, 0.15) is 0 Å². The molecule has 0 aromatic heterocycles. The molecule has 4 aromatic carbocycles. The van der Waals surface area contributed by atoms with Crippen LogP contribution < -0.4 is 0 Å². The van der Waals surface area contributed by atoms with E-state index in [1.807, 2.05) is 36.4 Å². The molecule has 0 bridgehead atoms. The fourth-order valence-corrected chi connectivity index (χ4v) is 4.21. The van der Waals surface area contributed by atoms with Crippen LogP contribution in [0.1, 0.15) is 27.0 Å². The lowest BCUT2D eigenvalue weighted by molar-refractivity contribution is 0.104. The summed E-state index contributed by atoms with van der Waals surface area (Å²) in [6.07, 6.45) is 0. The van der Waals surface area contributed by atoms with Gasteiger partial charge in [0, 0.05) is 11.1 Å². The average molecular weight is 360 g/mol. The second-order valence-electron chi connectivity index (χ2n) is 7.48. The van der Waals surface area contributed by atoms with E-state index in [0.29, 0.717) is 0 Å². The summed E-state index contributed by atoms with van der Waals surface area (Å²) in [5, 5.41) is 0. The van der Waals surface area contributed by atoms with E-state index in [-0.39, 0.29) is 5.78 Å². The Hall–Kier alpha value is -3.45. The zero-order valence-corrected chi connectivity index (χ0v) is 16.0. The van der Waals surface area contributed by atoms with Gasteiger partial charge in [-0.3, -0.25) is 4.79 Å². The van der Waals surface area contributed by atoms with Crippen molar-refractivity contribution in [3.8, 4) is 33.4 Å². The molecule has 0 fully saturated rings. The predicted octanol–water partition coefficient (Wildman–Crippen LogP) is 6.85. The maximum atomic E-state index is 13.2. The van der Waals surface area contributed by atoms with Crippen molar-refractivity contribution in [1.82, 2.24) is 0 Å². The number of hydrogen-bond acceptors (Lipinski definition) is 1. The first-order valence-corrected chi connectivity index (χ1v) is 9.58. The van der Waals surface area contributed by atoms with E-state index in [9.17, 15) is 4.79 Å². The minimum absolute atomic E-state index is 0.121. The molecule has 0 saturated heterocycles. The second-order valence-corrected chi connectivity index (χ2v) is 7.48. The van der Waals surface area contributed by atoms with Gasteiger partial charge in [0.25, 0.3) is 0 Å². The Balaban J connectivity index is 1.62. The first-order chi connectivity index (χ1) is 13.6. The van der Waals surface area contributed by atoms with E-state index in [2.05, 4.69) is 62.4 Å². The highest BCUT2D eigenvalue weighted by atomic mass is 16.1. The Morgan fingerprint density at radius 1 is 0.464 bits per heavy atom. The molecule has 0 amide bonds. The number of carbonyl (C=O) groups excluding carboxylic acids is 1. The van der Waals surface area contributed by atoms with Crippen molar-refractivity contribution in [2.75, 3.05) is 0 Å². The molecule has 0 saturated carbocycles. The maximum absolute atomic E-state index is 13.2. The van der Waals surface area contributed by atoms with Crippen LogP contribution in [-0.4, -0.2) is 5.78 Å². The SMILES string of the molecule is Cc1ccccc1-c1ccc2c(c1)C(=O)c1cc(-c3ccccc3C)ccc1-2. The Morgan fingerprint density at radius 3 is 1.32 bits per heavy atom. The molecule has 0 radical (unpaired) electrons. The van der Waals surface area contributed by atoms with Crippen molar-refractivity contribution < 1.29 is 4.79 Å². The van der Waals surface area contributed by atoms with Gasteiger partial charge in [0.15, 0.2) is 5.78 Å². The molecule has 4 aromatic rings. The zero-order valence-electron chi connectivity index (χ0n) is 16.0. The topological polar surface area (TPSA) is 17.1 Å². The van der Waals surface area contributed by atoms with E-state index >= 15 is 0 Å². The Kier molecular flexibility index (Phi) is 3.77. The van der Waals surface area contributed by atoms with Crippen molar-refractivity contribution >= 4 is 5.78 Å². The van der Waals surface area contributed by atoms with E-state index in [0.717, 1.165) is 33.4 Å². The monoisotopic (exact) mass is 360 g/mol. The molecule has 134 valence electrons. The smallest absolute Gasteiger partial charge is 0.194 e. The second kappa shape index (κ2) is 6.31. The van der Waals surface area contributed by atoms with Crippen LogP contribution in [0.4, 0.5) is 0 Å². The Bertz CT molecular complexity index is 1150. The minimum Gasteiger partial charge on any atom is -0.289 e. The van der Waals surface area contributed by atoms with Crippen LogP contribution in [0.2, 0.25) is 0 Å². The minimum atomic E-state index is 0.121. The summed E-state index contributed by atoms with van der Waals surface area (Å²) in [4.78, 5) is 13.2.